The molecular weight excluding hydrogens is 156 g/mol. The van der Waals surface area contributed by atoms with Crippen molar-refractivity contribution >= 4 is 0 Å². The van der Waals surface area contributed by atoms with Gasteiger partial charge in [0.25, 0.3) is 0 Å². The van der Waals surface area contributed by atoms with Gasteiger partial charge < -0.3 is 0 Å². The average Bonchev–Trinajstić information content (AvgIpc) is 2.18. The summed E-state index contributed by atoms with van der Waals surface area (Å²) in [5, 5.41) is 0. The molecule has 1 aliphatic carbocycles. The van der Waals surface area contributed by atoms with Crippen LogP contribution in [0.3, 0.4) is 0 Å². The third-order valence-corrected chi connectivity index (χ3v) is 2.01. The Morgan fingerprint density at radius 3 is 1.31 bits per heavy atom. The minimum atomic E-state index is 1.15. The van der Waals surface area contributed by atoms with Gasteiger partial charge in [0.1, 0.15) is 0 Å². The van der Waals surface area contributed by atoms with E-state index in [4.69, 9.17) is 0 Å². The van der Waals surface area contributed by atoms with Crippen LogP contribution in [0.1, 0.15) is 32.1 Å². The second kappa shape index (κ2) is 7.60. The summed E-state index contributed by atoms with van der Waals surface area (Å²) in [7, 11) is 0. The van der Waals surface area contributed by atoms with Crippen LogP contribution in [-0.2, 0) is 0 Å². The Hall–Kier alpha value is -1.04. The van der Waals surface area contributed by atoms with E-state index in [2.05, 4.69) is 48.6 Å². The van der Waals surface area contributed by atoms with Crippen LogP contribution in [0.25, 0.3) is 0 Å². The lowest BCUT2D eigenvalue weighted by atomic mass is 10.2. The maximum atomic E-state index is 2.25. The van der Waals surface area contributed by atoms with E-state index in [1.54, 1.807) is 0 Å². The standard InChI is InChI=1S/C13H18/c1-2-4-6-8-10-12-13-11-9-7-5-3-1/h1-4,9,11-13H,5-8,10H2/b3-1+,4-2+,11-9?,13-12?. The predicted octanol–water partition coefficient (Wildman–Crippen LogP) is 4.18. The van der Waals surface area contributed by atoms with E-state index in [1.165, 1.54) is 19.3 Å². The molecule has 0 N–H and O–H groups in total. The van der Waals surface area contributed by atoms with Gasteiger partial charge in [-0.3, -0.25) is 0 Å². The molecule has 0 heterocycles. The van der Waals surface area contributed by atoms with Crippen LogP contribution in [0, 0.1) is 0 Å². The van der Waals surface area contributed by atoms with Crippen LogP contribution >= 0.6 is 0 Å². The summed E-state index contributed by atoms with van der Waals surface area (Å²) in [6, 6.07) is 0. The van der Waals surface area contributed by atoms with Gasteiger partial charge in [-0.05, 0) is 32.1 Å². The maximum absolute atomic E-state index is 2.25. The molecule has 0 radical (unpaired) electrons. The summed E-state index contributed by atoms with van der Waals surface area (Å²) in [5.74, 6) is 0. The van der Waals surface area contributed by atoms with Crippen molar-refractivity contribution in [3.8, 4) is 0 Å². The van der Waals surface area contributed by atoms with Gasteiger partial charge >= 0.3 is 0 Å². The molecule has 0 unspecified atom stereocenters. The SMILES string of the molecule is C1=CCC/C=C/C=C/CCCC=C1. The van der Waals surface area contributed by atoms with E-state index in [0.717, 1.165) is 12.8 Å². The lowest BCUT2D eigenvalue weighted by Gasteiger charge is -1.87. The first-order valence-corrected chi connectivity index (χ1v) is 5.13. The number of hydrogen-bond donors (Lipinski definition) is 0. The van der Waals surface area contributed by atoms with Crippen LogP contribution in [0.5, 0.6) is 0 Å². The zero-order valence-corrected chi connectivity index (χ0v) is 8.15. The van der Waals surface area contributed by atoms with Crippen LogP contribution in [-0.4, -0.2) is 0 Å². The molecule has 0 fully saturated rings. The lowest BCUT2D eigenvalue weighted by Crippen LogP contribution is -1.67. The van der Waals surface area contributed by atoms with E-state index >= 15 is 0 Å². The van der Waals surface area contributed by atoms with E-state index in [1.807, 2.05) is 0 Å². The smallest absolute Gasteiger partial charge is 0.0313 e. The number of rotatable bonds is 0. The first-order chi connectivity index (χ1) is 6.50. The molecule has 0 amide bonds. The van der Waals surface area contributed by atoms with Gasteiger partial charge in [-0.25, -0.2) is 0 Å². The summed E-state index contributed by atoms with van der Waals surface area (Å²) >= 11 is 0. The summed E-state index contributed by atoms with van der Waals surface area (Å²) in [4.78, 5) is 0. The summed E-state index contributed by atoms with van der Waals surface area (Å²) in [6.45, 7) is 0. The molecule has 0 aromatic carbocycles. The van der Waals surface area contributed by atoms with Crippen molar-refractivity contribution in [3.63, 3.8) is 0 Å². The molecule has 0 saturated carbocycles. The zero-order valence-electron chi connectivity index (χ0n) is 8.15. The second-order valence-corrected chi connectivity index (χ2v) is 3.22. The minimum absolute atomic E-state index is 1.15. The molecule has 0 aliphatic heterocycles. The highest BCUT2D eigenvalue weighted by Gasteiger charge is 1.80. The van der Waals surface area contributed by atoms with E-state index < -0.39 is 0 Å². The maximum Gasteiger partial charge on any atom is -0.0313 e. The average molecular weight is 174 g/mol. The molecule has 0 saturated heterocycles. The Labute approximate surface area is 81.4 Å². The fraction of sp³-hybridized carbons (Fsp3) is 0.385. The molecular formula is C13H18. The van der Waals surface area contributed by atoms with E-state index in [0.29, 0.717) is 0 Å². The van der Waals surface area contributed by atoms with Gasteiger partial charge in [0, 0.05) is 0 Å². The third-order valence-electron chi connectivity index (χ3n) is 2.01. The van der Waals surface area contributed by atoms with Crippen molar-refractivity contribution in [1.29, 1.82) is 0 Å². The van der Waals surface area contributed by atoms with Crippen molar-refractivity contribution < 1.29 is 0 Å². The molecule has 0 nitrogen and oxygen atoms in total. The molecule has 0 spiro atoms. The topological polar surface area (TPSA) is 0 Å². The van der Waals surface area contributed by atoms with Gasteiger partial charge in [0.15, 0.2) is 0 Å². The zero-order chi connectivity index (χ0) is 9.19. The fourth-order valence-corrected chi connectivity index (χ4v) is 1.25. The first kappa shape index (κ1) is 10.0. The fourth-order valence-electron chi connectivity index (χ4n) is 1.25. The molecule has 1 aliphatic rings. The highest BCUT2D eigenvalue weighted by Crippen LogP contribution is 2.00. The molecule has 1 rings (SSSR count). The number of allylic oxidation sites excluding steroid dienone is 8. The molecule has 0 aromatic rings. The Balaban J connectivity index is 2.38. The second-order valence-electron chi connectivity index (χ2n) is 3.22. The monoisotopic (exact) mass is 174 g/mol. The highest BCUT2D eigenvalue weighted by atomic mass is 13.9. The van der Waals surface area contributed by atoms with Crippen LogP contribution in [0.15, 0.2) is 48.6 Å². The Kier molecular flexibility index (Phi) is 5.87. The van der Waals surface area contributed by atoms with Gasteiger partial charge in [-0.2, -0.15) is 0 Å². The van der Waals surface area contributed by atoms with Gasteiger partial charge in [0.05, 0.1) is 0 Å². The minimum Gasteiger partial charge on any atom is -0.0845 e. The highest BCUT2D eigenvalue weighted by molar-refractivity contribution is 5.06. The Morgan fingerprint density at radius 1 is 0.462 bits per heavy atom. The van der Waals surface area contributed by atoms with Crippen LogP contribution < -0.4 is 0 Å². The Bertz CT molecular complexity index is 192. The van der Waals surface area contributed by atoms with Crippen molar-refractivity contribution in [3.05, 3.63) is 48.6 Å². The first-order valence-electron chi connectivity index (χ1n) is 5.13. The van der Waals surface area contributed by atoms with E-state index in [-0.39, 0.29) is 0 Å². The van der Waals surface area contributed by atoms with E-state index in [9.17, 15) is 0 Å². The molecule has 70 valence electrons. The summed E-state index contributed by atoms with van der Waals surface area (Å²) < 4.78 is 0. The van der Waals surface area contributed by atoms with Gasteiger partial charge in [-0.15, -0.1) is 0 Å². The molecule has 0 bridgehead atoms. The normalized spacial score (nSPS) is 24.0. The van der Waals surface area contributed by atoms with Crippen LogP contribution in [0.4, 0.5) is 0 Å². The lowest BCUT2D eigenvalue weighted by molar-refractivity contribution is 0.868. The van der Waals surface area contributed by atoms with Gasteiger partial charge in [0.2, 0.25) is 0 Å². The molecule has 13 heavy (non-hydrogen) atoms. The van der Waals surface area contributed by atoms with Crippen molar-refractivity contribution in [2.75, 3.05) is 0 Å². The van der Waals surface area contributed by atoms with Crippen molar-refractivity contribution in [2.45, 2.75) is 32.1 Å². The largest absolute Gasteiger partial charge is 0.0845 e. The number of hydrogen-bond acceptors (Lipinski definition) is 0. The predicted molar refractivity (Wildman–Crippen MR) is 59.6 cm³/mol. The molecule has 0 heteroatoms. The summed E-state index contributed by atoms with van der Waals surface area (Å²) in [5.41, 5.74) is 0. The van der Waals surface area contributed by atoms with Crippen molar-refractivity contribution in [1.82, 2.24) is 0 Å². The van der Waals surface area contributed by atoms with Crippen LogP contribution in [0.2, 0.25) is 0 Å². The summed E-state index contributed by atoms with van der Waals surface area (Å²) in [6.07, 6.45) is 23.5. The quantitative estimate of drug-likeness (QED) is 0.517. The van der Waals surface area contributed by atoms with Crippen molar-refractivity contribution in [2.24, 2.45) is 0 Å². The van der Waals surface area contributed by atoms with Gasteiger partial charge in [-0.1, -0.05) is 48.6 Å². The third kappa shape index (κ3) is 6.15. The molecule has 0 atom stereocenters. The Morgan fingerprint density at radius 2 is 0.846 bits per heavy atom. The molecule has 0 aromatic heterocycles.